The van der Waals surface area contributed by atoms with Crippen molar-refractivity contribution in [3.05, 3.63) is 0 Å². The van der Waals surface area contributed by atoms with Gasteiger partial charge in [0.05, 0.1) is 71.3 Å². The normalized spacial score (nSPS) is 19.4. The predicted octanol–water partition coefficient (Wildman–Crippen LogP) is 3.45. The molecule has 9 atom stereocenters. The average Bonchev–Trinajstić information content (AvgIpc) is 3.56. The fraction of sp³-hybridized carbons (Fsp3) is 0.922. The molecule has 1 amide bonds. The SMILES string of the molecule is C.C.C.C.C.C.C.C.C.C.CC[C@@]1(OC)O[C@H](CO)[C@@H](O)[C@H]1O.CC[C@](CO)(CC(CO)COC(=O)CCC(C)=O)OC[C@](CO)(CC(CO)COC(=O)CCC(=O)NC)OC[C@](CO)(CC(CO)CO)OC. The van der Waals surface area contributed by atoms with Crippen molar-refractivity contribution in [2.45, 2.75) is 194 Å². The van der Waals surface area contributed by atoms with Gasteiger partial charge in [-0.15, -0.1) is 0 Å². The first-order valence-corrected chi connectivity index (χ1v) is 21.2. The van der Waals surface area contributed by atoms with E-state index >= 15 is 0 Å². The molecule has 11 N–H and O–H groups in total. The molecular weight excluding hydrogens is 963 g/mol. The van der Waals surface area contributed by atoms with Crippen LogP contribution in [0.3, 0.4) is 0 Å². The number of ether oxygens (including phenoxy) is 7. The van der Waals surface area contributed by atoms with Crippen molar-refractivity contribution in [2.24, 2.45) is 17.8 Å². The highest BCUT2D eigenvalue weighted by atomic mass is 16.7. The van der Waals surface area contributed by atoms with Crippen molar-refractivity contribution in [2.75, 3.05) is 101 Å². The fourth-order valence-electron chi connectivity index (χ4n) is 6.70. The third-order valence-electron chi connectivity index (χ3n) is 11.2. The third kappa shape index (κ3) is 32.6. The van der Waals surface area contributed by atoms with Gasteiger partial charge >= 0.3 is 11.9 Å². The first-order chi connectivity index (χ1) is 29.8. The first kappa shape index (κ1) is 96.2. The lowest BCUT2D eigenvalue weighted by Crippen LogP contribution is -2.53. The zero-order chi connectivity index (χ0) is 48.3. The van der Waals surface area contributed by atoms with E-state index in [4.69, 9.17) is 38.3 Å². The highest BCUT2D eigenvalue weighted by Crippen LogP contribution is 2.35. The fourth-order valence-corrected chi connectivity index (χ4v) is 6.70. The Morgan fingerprint density at radius 2 is 1.00 bits per heavy atom. The molecule has 452 valence electrons. The minimum Gasteiger partial charge on any atom is -0.465 e. The zero-order valence-electron chi connectivity index (χ0n) is 37.8. The van der Waals surface area contributed by atoms with Gasteiger partial charge in [-0.25, -0.2) is 0 Å². The van der Waals surface area contributed by atoms with Crippen LogP contribution in [-0.2, 0) is 52.3 Å². The number of Topliss-reactive ketones (excluding diaryl/α,β-unsaturated/α-hetero) is 1. The molecule has 1 aliphatic heterocycles. The molecule has 2 unspecified atom stereocenters. The Labute approximate surface area is 443 Å². The molecule has 0 aromatic heterocycles. The predicted molar refractivity (Wildman–Crippen MR) is 288 cm³/mol. The second-order valence-electron chi connectivity index (χ2n) is 16.0. The van der Waals surface area contributed by atoms with Gasteiger partial charge in [-0.1, -0.05) is 88.1 Å². The van der Waals surface area contributed by atoms with E-state index < -0.39 is 130 Å². The second-order valence-corrected chi connectivity index (χ2v) is 16.0. The number of ketones is 1. The van der Waals surface area contributed by atoms with Gasteiger partial charge < -0.3 is 94.3 Å². The molecular formula is C51H117NO21. The lowest BCUT2D eigenvalue weighted by Gasteiger charge is -2.42. The minimum absolute atomic E-state index is 0. The molecule has 1 rings (SSSR count). The summed E-state index contributed by atoms with van der Waals surface area (Å²) in [7, 11) is 4.13. The molecule has 0 bridgehead atoms. The summed E-state index contributed by atoms with van der Waals surface area (Å²) in [6.07, 6.45) is -3.01. The topological polar surface area (TPSA) is 347 Å². The Bertz CT molecular complexity index is 1280. The number of aliphatic hydroxyl groups is 10. The van der Waals surface area contributed by atoms with Crippen molar-refractivity contribution in [1.29, 1.82) is 0 Å². The van der Waals surface area contributed by atoms with Gasteiger partial charge in [0.15, 0.2) is 5.79 Å². The Hall–Kier alpha value is -2.52. The van der Waals surface area contributed by atoms with Crippen LogP contribution in [0.1, 0.15) is 153 Å². The maximum absolute atomic E-state index is 12.3. The smallest absolute Gasteiger partial charge is 0.306 e. The molecule has 1 aliphatic rings. The molecule has 1 saturated heterocycles. The number of carbonyl (C=O) groups is 4. The largest absolute Gasteiger partial charge is 0.465 e. The number of methoxy groups -OCH3 is 2. The molecule has 0 aliphatic carbocycles. The van der Waals surface area contributed by atoms with E-state index in [2.05, 4.69) is 5.32 Å². The molecule has 22 nitrogen and oxygen atoms in total. The molecule has 0 aromatic rings. The molecule has 22 heteroatoms. The summed E-state index contributed by atoms with van der Waals surface area (Å²) in [5.74, 6) is -5.23. The summed E-state index contributed by atoms with van der Waals surface area (Å²) < 4.78 is 38.8. The van der Waals surface area contributed by atoms with Crippen molar-refractivity contribution in [3.63, 3.8) is 0 Å². The van der Waals surface area contributed by atoms with E-state index in [1.807, 2.05) is 0 Å². The van der Waals surface area contributed by atoms with Crippen LogP contribution in [0, 0.1) is 17.8 Å². The number of esters is 2. The highest BCUT2D eigenvalue weighted by Gasteiger charge is 2.53. The van der Waals surface area contributed by atoms with Crippen LogP contribution in [0.2, 0.25) is 0 Å². The van der Waals surface area contributed by atoms with E-state index in [1.165, 1.54) is 28.2 Å². The van der Waals surface area contributed by atoms with E-state index in [9.17, 15) is 65.1 Å². The zero-order valence-corrected chi connectivity index (χ0v) is 37.8. The molecule has 0 aromatic carbocycles. The van der Waals surface area contributed by atoms with Gasteiger partial charge in [0, 0.05) is 84.7 Å². The van der Waals surface area contributed by atoms with Crippen LogP contribution in [0.4, 0.5) is 0 Å². The number of hydrogen-bond donors (Lipinski definition) is 11. The van der Waals surface area contributed by atoms with Gasteiger partial charge in [-0.3, -0.25) is 14.4 Å². The van der Waals surface area contributed by atoms with Crippen LogP contribution in [0.5, 0.6) is 0 Å². The first-order valence-electron chi connectivity index (χ1n) is 21.2. The molecule has 0 spiro atoms. The minimum atomic E-state index is -1.68. The van der Waals surface area contributed by atoms with E-state index in [1.54, 1.807) is 13.8 Å². The summed E-state index contributed by atoms with van der Waals surface area (Å²) in [5, 5.41) is 101. The molecule has 0 radical (unpaired) electrons. The average molecular weight is 1080 g/mol. The quantitative estimate of drug-likeness (QED) is 0.0411. The third-order valence-corrected chi connectivity index (χ3v) is 11.2. The van der Waals surface area contributed by atoms with Gasteiger partial charge in [0.25, 0.3) is 0 Å². The molecule has 0 saturated carbocycles. The van der Waals surface area contributed by atoms with E-state index in [0.717, 1.165) is 0 Å². The standard InChI is InChI=1S/C33H61NO16.C8H16O5.10CH4/c1-5-31(19-39,11-26(15-37)17-47-29(44)8-6-24(2)42)49-23-33(21-41,50-22-32(20-40,46-4)10-25(13-35)14-36)12-27(16-38)18-48-30(45)9-7-28(43)34-3;1-3-8(12-2)7(11)6(10)5(4-9)13-8;;;;;;;;;;/h25-27,35-41H,5-23H2,1-4H3,(H,34,43);5-7,9-11H,3-4H2,1-2H3;10*1H4/t26?,27?,31-,32-,33-;5-,6-,7-,8-;;;;;;;;;;/m11........../s1. The van der Waals surface area contributed by atoms with Crippen molar-refractivity contribution in [3.8, 4) is 0 Å². The van der Waals surface area contributed by atoms with Crippen LogP contribution >= 0.6 is 0 Å². The Kier molecular flexibility index (Phi) is 66.3. The monoisotopic (exact) mass is 1080 g/mol. The van der Waals surface area contributed by atoms with Crippen molar-refractivity contribution >= 4 is 23.6 Å². The summed E-state index contributed by atoms with van der Waals surface area (Å²) in [6, 6.07) is 0. The highest BCUT2D eigenvalue weighted by molar-refractivity contribution is 5.81. The number of hydrogen-bond acceptors (Lipinski definition) is 21. The lowest BCUT2D eigenvalue weighted by atomic mass is 9.87. The molecule has 73 heavy (non-hydrogen) atoms. The Morgan fingerprint density at radius 1 is 0.603 bits per heavy atom. The van der Waals surface area contributed by atoms with E-state index in [-0.39, 0.29) is 157 Å². The maximum atomic E-state index is 12.3. The number of rotatable bonds is 34. The molecule has 1 fully saturated rings. The summed E-state index contributed by atoms with van der Waals surface area (Å²) in [4.78, 5) is 47.1. The second kappa shape index (κ2) is 50.3. The van der Waals surface area contributed by atoms with E-state index in [0.29, 0.717) is 6.42 Å². The number of amides is 1. The van der Waals surface area contributed by atoms with Gasteiger partial charge in [-0.05, 0) is 32.6 Å². The summed E-state index contributed by atoms with van der Waals surface area (Å²) >= 11 is 0. The van der Waals surface area contributed by atoms with Crippen LogP contribution < -0.4 is 5.32 Å². The number of aliphatic hydroxyl groups excluding tert-OH is 10. The number of nitrogens with one attached hydrogen (secondary N) is 1. The lowest BCUT2D eigenvalue weighted by molar-refractivity contribution is -0.248. The summed E-state index contributed by atoms with van der Waals surface area (Å²) in [5.41, 5.74) is -4.49. The van der Waals surface area contributed by atoms with Crippen molar-refractivity contribution < 1.29 is 103 Å². The van der Waals surface area contributed by atoms with Gasteiger partial charge in [0.1, 0.15) is 35.3 Å². The molecule has 1 heterocycles. The summed E-state index contributed by atoms with van der Waals surface area (Å²) in [6.45, 7) is -0.533. The van der Waals surface area contributed by atoms with Gasteiger partial charge in [0.2, 0.25) is 5.91 Å². The van der Waals surface area contributed by atoms with Crippen molar-refractivity contribution in [1.82, 2.24) is 5.32 Å². The van der Waals surface area contributed by atoms with Crippen LogP contribution in [0.25, 0.3) is 0 Å². The maximum Gasteiger partial charge on any atom is 0.306 e. The van der Waals surface area contributed by atoms with Gasteiger partial charge in [-0.2, -0.15) is 0 Å². The van der Waals surface area contributed by atoms with Crippen LogP contribution in [0.15, 0.2) is 0 Å². The van der Waals surface area contributed by atoms with Crippen LogP contribution in [-0.4, -0.2) is 216 Å². The number of carbonyl (C=O) groups excluding carboxylic acids is 4. The Morgan fingerprint density at radius 3 is 1.32 bits per heavy atom. The Balaban J connectivity index is -0.000000162.